The number of nitrogens with zero attached hydrogens (tertiary/aromatic N) is 3. The first-order chi connectivity index (χ1) is 11.2. The van der Waals surface area contributed by atoms with Gasteiger partial charge in [0.25, 0.3) is 0 Å². The van der Waals surface area contributed by atoms with Crippen molar-refractivity contribution >= 4 is 17.2 Å². The fourth-order valence-corrected chi connectivity index (χ4v) is 2.87. The number of rotatable bonds is 7. The van der Waals surface area contributed by atoms with E-state index in [1.807, 2.05) is 32.0 Å². The summed E-state index contributed by atoms with van der Waals surface area (Å²) in [7, 11) is 0. The summed E-state index contributed by atoms with van der Waals surface area (Å²) in [5, 5.41) is 12.9. The molecule has 2 heterocycles. The van der Waals surface area contributed by atoms with E-state index in [1.54, 1.807) is 6.20 Å². The molecule has 0 radical (unpaired) electrons. The van der Waals surface area contributed by atoms with Crippen LogP contribution in [-0.4, -0.2) is 27.6 Å². The van der Waals surface area contributed by atoms with Crippen molar-refractivity contribution in [3.05, 3.63) is 29.4 Å². The summed E-state index contributed by atoms with van der Waals surface area (Å²) < 4.78 is 0. The van der Waals surface area contributed by atoms with Crippen LogP contribution in [0, 0.1) is 0 Å². The van der Waals surface area contributed by atoms with Crippen molar-refractivity contribution in [2.24, 2.45) is 5.73 Å². The van der Waals surface area contributed by atoms with Crippen molar-refractivity contribution in [1.29, 1.82) is 0 Å². The first kappa shape index (κ1) is 19.2. The van der Waals surface area contributed by atoms with E-state index in [0.717, 1.165) is 35.0 Å². The third-order valence-electron chi connectivity index (χ3n) is 2.95. The molecule has 2 rings (SSSR count). The summed E-state index contributed by atoms with van der Waals surface area (Å²) in [4.78, 5) is 15.6. The Morgan fingerprint density at radius 3 is 2.70 bits per heavy atom. The van der Waals surface area contributed by atoms with Gasteiger partial charge < -0.3 is 11.1 Å². The van der Waals surface area contributed by atoms with Gasteiger partial charge in [-0.3, -0.25) is 9.78 Å². The highest BCUT2D eigenvalue weighted by Gasteiger charge is 2.18. The molecule has 1 amide bonds. The molecule has 0 aliphatic carbocycles. The molecule has 0 aliphatic heterocycles. The number of pyridine rings is 1. The Bertz CT molecular complexity index is 573. The van der Waals surface area contributed by atoms with Crippen LogP contribution in [0.2, 0.25) is 0 Å². The van der Waals surface area contributed by atoms with Crippen LogP contribution in [0.4, 0.5) is 0 Å². The number of nitrogens with one attached hydrogen (secondary N) is 1. The van der Waals surface area contributed by atoms with Gasteiger partial charge in [-0.1, -0.05) is 31.3 Å². The summed E-state index contributed by atoms with van der Waals surface area (Å²) in [6.45, 7) is 6.17. The minimum absolute atomic E-state index is 0.0673. The number of aromatic nitrogens is 3. The zero-order chi connectivity index (χ0) is 17.1. The van der Waals surface area contributed by atoms with Crippen LogP contribution in [0.5, 0.6) is 0 Å². The molecule has 0 saturated carbocycles. The Labute approximate surface area is 141 Å². The number of unbranched alkanes of at least 4 members (excludes halogenated alkanes) is 1. The Kier molecular flexibility index (Phi) is 9.01. The van der Waals surface area contributed by atoms with Crippen LogP contribution < -0.4 is 11.1 Å². The molecule has 0 bridgehead atoms. The molecule has 23 heavy (non-hydrogen) atoms. The van der Waals surface area contributed by atoms with E-state index < -0.39 is 0 Å². The molecule has 3 N–H and O–H groups in total. The lowest BCUT2D eigenvalue weighted by atomic mass is 10.1. The van der Waals surface area contributed by atoms with E-state index >= 15 is 0 Å². The van der Waals surface area contributed by atoms with Crippen molar-refractivity contribution in [2.45, 2.75) is 46.1 Å². The highest BCUT2D eigenvalue weighted by atomic mass is 32.1. The first-order valence-corrected chi connectivity index (χ1v) is 8.74. The van der Waals surface area contributed by atoms with E-state index in [2.05, 4.69) is 20.5 Å². The molecule has 6 nitrogen and oxygen atoms in total. The quantitative estimate of drug-likeness (QED) is 0.759. The van der Waals surface area contributed by atoms with Crippen LogP contribution in [0.1, 0.15) is 51.1 Å². The van der Waals surface area contributed by atoms with Crippen molar-refractivity contribution in [1.82, 2.24) is 20.5 Å². The number of amides is 1. The lowest BCUT2D eigenvalue weighted by Crippen LogP contribution is -2.26. The maximum absolute atomic E-state index is 11.3. The molecule has 2 aromatic heterocycles. The van der Waals surface area contributed by atoms with Crippen LogP contribution in [0.15, 0.2) is 24.4 Å². The standard InChI is InChI=1S/C14H19N5OS.C2H6/c1-10(20)17-12(7-2-4-8-15)14-19-18-13(21-14)11-6-3-5-9-16-11;1-2/h3,5-6,9,12H,2,4,7-8,15H2,1H3,(H,17,20);1-2H3. The number of hydrogen-bond donors (Lipinski definition) is 2. The van der Waals surface area contributed by atoms with Gasteiger partial charge in [-0.05, 0) is 37.9 Å². The van der Waals surface area contributed by atoms with E-state index in [4.69, 9.17) is 5.73 Å². The molecule has 0 aromatic carbocycles. The Balaban J connectivity index is 0.00000127. The molecule has 0 spiro atoms. The number of hydrogen-bond acceptors (Lipinski definition) is 6. The van der Waals surface area contributed by atoms with Gasteiger partial charge in [0.2, 0.25) is 5.91 Å². The minimum Gasteiger partial charge on any atom is -0.347 e. The summed E-state index contributed by atoms with van der Waals surface area (Å²) in [5.41, 5.74) is 6.31. The zero-order valence-corrected chi connectivity index (χ0v) is 14.8. The molecule has 0 saturated heterocycles. The van der Waals surface area contributed by atoms with Crippen LogP contribution >= 0.6 is 11.3 Å². The van der Waals surface area contributed by atoms with Gasteiger partial charge in [0.15, 0.2) is 5.01 Å². The normalized spacial score (nSPS) is 11.3. The Hall–Kier alpha value is -1.86. The lowest BCUT2D eigenvalue weighted by Gasteiger charge is -2.14. The molecule has 126 valence electrons. The highest BCUT2D eigenvalue weighted by molar-refractivity contribution is 7.14. The Morgan fingerprint density at radius 2 is 2.09 bits per heavy atom. The van der Waals surface area contributed by atoms with E-state index in [0.29, 0.717) is 6.54 Å². The van der Waals surface area contributed by atoms with E-state index in [1.165, 1.54) is 18.3 Å². The fourth-order valence-electron chi connectivity index (χ4n) is 1.96. The average molecular weight is 335 g/mol. The van der Waals surface area contributed by atoms with Gasteiger partial charge in [0, 0.05) is 13.1 Å². The summed E-state index contributed by atoms with van der Waals surface area (Å²) in [5.74, 6) is -0.0673. The third-order valence-corrected chi connectivity index (χ3v) is 4.01. The van der Waals surface area contributed by atoms with Gasteiger partial charge in [-0.2, -0.15) is 0 Å². The van der Waals surface area contributed by atoms with Crippen molar-refractivity contribution in [2.75, 3.05) is 6.54 Å². The van der Waals surface area contributed by atoms with Crippen LogP contribution in [0.25, 0.3) is 10.7 Å². The molecular weight excluding hydrogens is 310 g/mol. The molecule has 2 aromatic rings. The third kappa shape index (κ3) is 6.42. The van der Waals surface area contributed by atoms with Gasteiger partial charge in [0.1, 0.15) is 10.7 Å². The second kappa shape index (κ2) is 10.8. The van der Waals surface area contributed by atoms with Crippen LogP contribution in [-0.2, 0) is 4.79 Å². The predicted molar refractivity (Wildman–Crippen MR) is 94.0 cm³/mol. The largest absolute Gasteiger partial charge is 0.347 e. The van der Waals surface area contributed by atoms with Crippen molar-refractivity contribution in [3.8, 4) is 10.7 Å². The van der Waals surface area contributed by atoms with Gasteiger partial charge in [-0.25, -0.2) is 0 Å². The van der Waals surface area contributed by atoms with Crippen molar-refractivity contribution in [3.63, 3.8) is 0 Å². The lowest BCUT2D eigenvalue weighted by molar-refractivity contribution is -0.119. The van der Waals surface area contributed by atoms with Crippen molar-refractivity contribution < 1.29 is 4.79 Å². The molecular formula is C16H25N5OS. The number of carbonyl (C=O) groups is 1. The maximum atomic E-state index is 11.3. The monoisotopic (exact) mass is 335 g/mol. The molecule has 0 aliphatic rings. The van der Waals surface area contributed by atoms with Gasteiger partial charge in [0.05, 0.1) is 6.04 Å². The number of carbonyl (C=O) groups excluding carboxylic acids is 1. The average Bonchev–Trinajstić information content (AvgIpc) is 3.06. The summed E-state index contributed by atoms with van der Waals surface area (Å²) in [6.07, 6.45) is 4.42. The second-order valence-electron chi connectivity index (χ2n) is 4.70. The number of nitrogens with two attached hydrogens (primary N) is 1. The zero-order valence-electron chi connectivity index (χ0n) is 14.0. The summed E-state index contributed by atoms with van der Waals surface area (Å²) >= 11 is 1.46. The highest BCUT2D eigenvalue weighted by Crippen LogP contribution is 2.27. The van der Waals surface area contributed by atoms with E-state index in [-0.39, 0.29) is 11.9 Å². The van der Waals surface area contributed by atoms with E-state index in [9.17, 15) is 4.79 Å². The SMILES string of the molecule is CC.CC(=O)NC(CCCCN)c1nnc(-c2ccccn2)s1. The molecule has 0 fully saturated rings. The maximum Gasteiger partial charge on any atom is 0.217 e. The first-order valence-electron chi connectivity index (χ1n) is 7.92. The molecule has 7 heteroatoms. The fraction of sp³-hybridized carbons (Fsp3) is 0.500. The minimum atomic E-state index is -0.107. The van der Waals surface area contributed by atoms with Crippen LogP contribution in [0.3, 0.4) is 0 Å². The topological polar surface area (TPSA) is 93.8 Å². The molecule has 1 unspecified atom stereocenters. The predicted octanol–water partition coefficient (Wildman–Crippen LogP) is 2.93. The smallest absolute Gasteiger partial charge is 0.217 e. The summed E-state index contributed by atoms with van der Waals surface area (Å²) in [6, 6.07) is 5.56. The van der Waals surface area contributed by atoms with Gasteiger partial charge >= 0.3 is 0 Å². The molecule has 1 atom stereocenters. The second-order valence-corrected chi connectivity index (χ2v) is 5.71. The van der Waals surface area contributed by atoms with Gasteiger partial charge in [-0.15, -0.1) is 10.2 Å². The Morgan fingerprint density at radius 1 is 1.30 bits per heavy atom.